The summed E-state index contributed by atoms with van der Waals surface area (Å²) < 4.78 is 79.3. The van der Waals surface area contributed by atoms with Gasteiger partial charge in [0, 0.05) is 37.8 Å². The first-order valence-corrected chi connectivity index (χ1v) is 7.77. The third kappa shape index (κ3) is 5.35. The fraction of sp³-hybridized carbons (Fsp3) is 0.308. The Morgan fingerprint density at radius 1 is 1.07 bits per heavy atom. The Balaban J connectivity index is 0.000000208. The first-order chi connectivity index (χ1) is 12.4. The van der Waals surface area contributed by atoms with Crippen LogP contribution in [0.5, 0.6) is 11.1 Å². The lowest BCUT2D eigenvalue weighted by Gasteiger charge is -2.04. The number of nitrogens with one attached hydrogen (secondary N) is 1. The lowest BCUT2D eigenvalue weighted by Crippen LogP contribution is -2.11. The fourth-order valence-corrected chi connectivity index (χ4v) is 2.35. The number of thiazole rings is 1. The quantitative estimate of drug-likeness (QED) is 0.651. The molecule has 0 saturated heterocycles. The SMILES string of the molecule is Cn1[nH]c(=O)cc1C(F)(F)F.Cn1nc(Oc2nccs2)cc1C(F)(F)F. The van der Waals surface area contributed by atoms with Crippen LogP contribution in [0.15, 0.2) is 28.5 Å². The van der Waals surface area contributed by atoms with E-state index in [9.17, 15) is 31.1 Å². The summed E-state index contributed by atoms with van der Waals surface area (Å²) in [6.45, 7) is 0. The van der Waals surface area contributed by atoms with E-state index in [1.165, 1.54) is 24.6 Å². The molecule has 27 heavy (non-hydrogen) atoms. The highest BCUT2D eigenvalue weighted by Gasteiger charge is 2.35. The average Bonchev–Trinajstić information content (AvgIpc) is 3.20. The Morgan fingerprint density at radius 2 is 1.70 bits per heavy atom. The Morgan fingerprint density at radius 3 is 2.07 bits per heavy atom. The molecule has 0 fully saturated rings. The number of halogens is 6. The first kappa shape index (κ1) is 20.5. The number of alkyl halides is 6. The van der Waals surface area contributed by atoms with Gasteiger partial charge < -0.3 is 4.74 Å². The molecule has 0 aliphatic carbocycles. The lowest BCUT2D eigenvalue weighted by molar-refractivity contribution is -0.144. The van der Waals surface area contributed by atoms with Gasteiger partial charge in [0.2, 0.25) is 5.88 Å². The molecular weight excluding hydrogens is 404 g/mol. The zero-order valence-corrected chi connectivity index (χ0v) is 14.4. The van der Waals surface area contributed by atoms with Gasteiger partial charge in [0.05, 0.1) is 0 Å². The Bertz CT molecular complexity index is 938. The maximum absolute atomic E-state index is 12.4. The molecule has 0 aromatic carbocycles. The van der Waals surface area contributed by atoms with Gasteiger partial charge in [-0.1, -0.05) is 11.3 Å². The Labute approximate surface area is 150 Å². The molecule has 0 atom stereocenters. The van der Waals surface area contributed by atoms with Gasteiger partial charge in [0.15, 0.2) is 0 Å². The van der Waals surface area contributed by atoms with E-state index in [1.54, 1.807) is 5.38 Å². The minimum atomic E-state index is -4.46. The molecule has 0 aliphatic heterocycles. The maximum Gasteiger partial charge on any atom is 0.433 e. The topological polar surface area (TPSA) is 77.7 Å². The van der Waals surface area contributed by atoms with Crippen LogP contribution in [-0.2, 0) is 26.4 Å². The molecule has 0 unspecified atom stereocenters. The van der Waals surface area contributed by atoms with Crippen molar-refractivity contribution in [2.45, 2.75) is 12.4 Å². The summed E-state index contributed by atoms with van der Waals surface area (Å²) in [5.74, 6) is -0.121. The van der Waals surface area contributed by atoms with Crippen LogP contribution in [0.3, 0.4) is 0 Å². The van der Waals surface area contributed by atoms with Crippen LogP contribution in [0.4, 0.5) is 26.3 Å². The van der Waals surface area contributed by atoms with Gasteiger partial charge in [0.1, 0.15) is 11.4 Å². The van der Waals surface area contributed by atoms with Gasteiger partial charge in [0.25, 0.3) is 10.8 Å². The van der Waals surface area contributed by atoms with Gasteiger partial charge in [-0.2, -0.15) is 26.3 Å². The molecule has 0 spiro atoms. The Hall–Kier alpha value is -2.77. The molecule has 1 N–H and O–H groups in total. The van der Waals surface area contributed by atoms with Gasteiger partial charge in [-0.05, 0) is 0 Å². The van der Waals surface area contributed by atoms with Crippen LogP contribution in [0, 0.1) is 0 Å². The van der Waals surface area contributed by atoms with Crippen LogP contribution in [-0.4, -0.2) is 24.5 Å². The molecular formula is C13H11F6N5O2S. The van der Waals surface area contributed by atoms with Crippen LogP contribution in [0.25, 0.3) is 0 Å². The van der Waals surface area contributed by atoms with Gasteiger partial charge in [-0.3, -0.25) is 19.3 Å². The van der Waals surface area contributed by atoms with Crippen LogP contribution >= 0.6 is 11.3 Å². The number of aromatic amines is 1. The molecule has 0 saturated carbocycles. The van der Waals surface area contributed by atoms with Crippen molar-refractivity contribution in [3.8, 4) is 11.1 Å². The van der Waals surface area contributed by atoms with Crippen LogP contribution in [0.2, 0.25) is 0 Å². The number of rotatable bonds is 2. The minimum absolute atomic E-state index is 0.121. The van der Waals surface area contributed by atoms with Crippen molar-refractivity contribution < 1.29 is 31.1 Å². The highest BCUT2D eigenvalue weighted by Crippen LogP contribution is 2.32. The van der Waals surface area contributed by atoms with Gasteiger partial charge in [-0.25, -0.2) is 4.98 Å². The molecule has 0 bridgehead atoms. The summed E-state index contributed by atoms with van der Waals surface area (Å²) in [7, 11) is 2.34. The summed E-state index contributed by atoms with van der Waals surface area (Å²) in [5, 5.41) is 7.46. The highest BCUT2D eigenvalue weighted by atomic mass is 32.1. The monoisotopic (exact) mass is 415 g/mol. The van der Waals surface area contributed by atoms with Gasteiger partial charge >= 0.3 is 12.4 Å². The second kappa shape index (κ2) is 7.46. The van der Waals surface area contributed by atoms with E-state index in [0.29, 0.717) is 10.7 Å². The maximum atomic E-state index is 12.4. The molecule has 0 aliphatic rings. The minimum Gasteiger partial charge on any atom is -0.410 e. The van der Waals surface area contributed by atoms with Crippen LogP contribution in [0.1, 0.15) is 11.4 Å². The van der Waals surface area contributed by atoms with E-state index in [2.05, 4.69) is 10.1 Å². The summed E-state index contributed by atoms with van der Waals surface area (Å²) in [6.07, 6.45) is -7.41. The number of H-pyrrole nitrogens is 1. The molecule has 3 aromatic heterocycles. The van der Waals surface area contributed by atoms with Crippen molar-refractivity contribution in [2.24, 2.45) is 14.1 Å². The predicted molar refractivity (Wildman–Crippen MR) is 81.4 cm³/mol. The molecule has 3 aromatic rings. The zero-order valence-electron chi connectivity index (χ0n) is 13.6. The van der Waals surface area contributed by atoms with E-state index in [-0.39, 0.29) is 11.1 Å². The normalized spacial score (nSPS) is 11.9. The van der Waals surface area contributed by atoms with Gasteiger partial charge in [-0.15, -0.1) is 5.10 Å². The summed E-state index contributed by atoms with van der Waals surface area (Å²) in [5.41, 5.74) is -2.58. The van der Waals surface area contributed by atoms with E-state index in [0.717, 1.165) is 17.8 Å². The molecule has 3 rings (SSSR count). The number of nitrogens with zero attached hydrogens (tertiary/aromatic N) is 4. The fourth-order valence-electron chi connectivity index (χ4n) is 1.86. The van der Waals surface area contributed by atoms with Crippen molar-refractivity contribution >= 4 is 11.3 Å². The molecule has 0 amide bonds. The molecule has 7 nitrogen and oxygen atoms in total. The predicted octanol–water partition coefficient (Wildman–Crippen LogP) is 3.42. The average molecular weight is 415 g/mol. The molecule has 0 radical (unpaired) electrons. The van der Waals surface area contributed by atoms with Crippen molar-refractivity contribution in [1.29, 1.82) is 0 Å². The zero-order chi connectivity index (χ0) is 20.4. The third-order valence-electron chi connectivity index (χ3n) is 2.95. The van der Waals surface area contributed by atoms with Crippen molar-refractivity contribution in [3.05, 3.63) is 45.5 Å². The van der Waals surface area contributed by atoms with E-state index >= 15 is 0 Å². The van der Waals surface area contributed by atoms with Crippen molar-refractivity contribution in [2.75, 3.05) is 0 Å². The van der Waals surface area contributed by atoms with E-state index in [1.807, 2.05) is 5.10 Å². The second-order valence-electron chi connectivity index (χ2n) is 4.95. The second-order valence-corrected chi connectivity index (χ2v) is 5.81. The van der Waals surface area contributed by atoms with Crippen LogP contribution < -0.4 is 10.3 Å². The third-order valence-corrected chi connectivity index (χ3v) is 3.60. The molecule has 3 heterocycles. The highest BCUT2D eigenvalue weighted by molar-refractivity contribution is 7.11. The number of aromatic nitrogens is 5. The number of ether oxygens (including phenoxy) is 1. The number of aryl methyl sites for hydroxylation is 2. The molecule has 14 heteroatoms. The van der Waals surface area contributed by atoms with E-state index < -0.39 is 29.3 Å². The smallest absolute Gasteiger partial charge is 0.410 e. The lowest BCUT2D eigenvalue weighted by atomic mass is 10.4. The number of hydrogen-bond donors (Lipinski definition) is 1. The Kier molecular flexibility index (Phi) is 5.67. The summed E-state index contributed by atoms with van der Waals surface area (Å²) in [6, 6.07) is 1.35. The van der Waals surface area contributed by atoms with Crippen molar-refractivity contribution in [1.82, 2.24) is 24.5 Å². The largest absolute Gasteiger partial charge is 0.433 e. The van der Waals surface area contributed by atoms with E-state index in [4.69, 9.17) is 4.74 Å². The number of hydrogen-bond acceptors (Lipinski definition) is 5. The standard InChI is InChI=1S/C8H6F3N3OS.C5H5F3N2O/c1-14-5(8(9,10)11)4-6(13-14)15-7-12-2-3-16-7;1-10-3(5(6,7)8)2-4(11)9-10/h2-4H,1H3;2H,1H3,(H,9,11). The van der Waals surface area contributed by atoms with Crippen molar-refractivity contribution in [3.63, 3.8) is 0 Å². The first-order valence-electron chi connectivity index (χ1n) is 6.89. The summed E-state index contributed by atoms with van der Waals surface area (Å²) >= 11 is 1.18. The molecule has 148 valence electrons. The summed E-state index contributed by atoms with van der Waals surface area (Å²) in [4.78, 5) is 14.2.